The van der Waals surface area contributed by atoms with Crippen LogP contribution in [-0.4, -0.2) is 29.7 Å². The van der Waals surface area contributed by atoms with Crippen LogP contribution in [0.2, 0.25) is 5.02 Å². The molecule has 4 aromatic rings. The van der Waals surface area contributed by atoms with Crippen LogP contribution in [0.3, 0.4) is 0 Å². The average Bonchev–Trinajstić information content (AvgIpc) is 3.22. The van der Waals surface area contributed by atoms with E-state index in [9.17, 15) is 4.79 Å². The molecule has 1 aliphatic rings. The fourth-order valence-corrected chi connectivity index (χ4v) is 4.46. The number of anilines is 2. The van der Waals surface area contributed by atoms with E-state index in [1.54, 1.807) is 38.5 Å². The van der Waals surface area contributed by atoms with Gasteiger partial charge in [-0.2, -0.15) is 0 Å². The number of nitrogens with one attached hydrogen (secondary N) is 2. The summed E-state index contributed by atoms with van der Waals surface area (Å²) in [4.78, 5) is 18.5. The zero-order valence-corrected chi connectivity index (χ0v) is 19.7. The summed E-state index contributed by atoms with van der Waals surface area (Å²) >= 11 is 6.02. The summed E-state index contributed by atoms with van der Waals surface area (Å²) in [5.41, 5.74) is 4.38. The fourth-order valence-electron chi connectivity index (χ4n) is 4.34. The van der Waals surface area contributed by atoms with Gasteiger partial charge in [0.15, 0.2) is 0 Å². The largest absolute Gasteiger partial charge is 0.497 e. The zero-order chi connectivity index (χ0) is 23.8. The second-order valence-electron chi connectivity index (χ2n) is 7.93. The van der Waals surface area contributed by atoms with E-state index in [2.05, 4.69) is 10.6 Å². The molecule has 172 valence electrons. The number of nitrogens with zero attached hydrogens (tertiary/aromatic N) is 2. The molecular weight excluding hydrogens is 452 g/mol. The lowest BCUT2D eigenvalue weighted by Crippen LogP contribution is -2.31. The molecule has 1 aliphatic heterocycles. The summed E-state index contributed by atoms with van der Waals surface area (Å²) in [6, 6.07) is 19.9. The van der Waals surface area contributed by atoms with Crippen molar-refractivity contribution in [3.63, 3.8) is 0 Å². The fraction of sp³-hybridized carbons (Fsp3) is 0.154. The molecule has 8 heteroatoms. The van der Waals surface area contributed by atoms with E-state index < -0.39 is 6.04 Å². The number of benzene rings is 3. The van der Waals surface area contributed by atoms with Crippen LogP contribution in [0.5, 0.6) is 11.5 Å². The lowest BCUT2D eigenvalue weighted by Gasteiger charge is -2.31. The Morgan fingerprint density at radius 1 is 1.06 bits per heavy atom. The van der Waals surface area contributed by atoms with Crippen molar-refractivity contribution in [2.24, 2.45) is 0 Å². The number of carbonyl (C=O) groups is 1. The number of hydrogen-bond acceptors (Lipinski definition) is 5. The average molecular weight is 475 g/mol. The van der Waals surface area contributed by atoms with Crippen LogP contribution in [0.4, 0.5) is 11.6 Å². The summed E-state index contributed by atoms with van der Waals surface area (Å²) in [5.74, 6) is 1.71. The van der Waals surface area contributed by atoms with Gasteiger partial charge in [0.05, 0.1) is 36.9 Å². The highest BCUT2D eigenvalue weighted by Gasteiger charge is 2.36. The molecular formula is C26H23ClN4O3. The molecule has 0 unspecified atom stereocenters. The summed E-state index contributed by atoms with van der Waals surface area (Å²) in [6.07, 6.45) is 0. The molecule has 2 N–H and O–H groups in total. The molecule has 0 spiro atoms. The highest BCUT2D eigenvalue weighted by molar-refractivity contribution is 6.30. The molecule has 1 atom stereocenters. The lowest BCUT2D eigenvalue weighted by atomic mass is 9.93. The van der Waals surface area contributed by atoms with E-state index in [0.717, 1.165) is 16.6 Å². The Labute approximate surface area is 202 Å². The second-order valence-corrected chi connectivity index (χ2v) is 8.37. The summed E-state index contributed by atoms with van der Waals surface area (Å²) in [7, 11) is 3.23. The van der Waals surface area contributed by atoms with Crippen molar-refractivity contribution in [1.82, 2.24) is 9.55 Å². The van der Waals surface area contributed by atoms with Gasteiger partial charge in [0.1, 0.15) is 11.5 Å². The van der Waals surface area contributed by atoms with E-state index in [0.29, 0.717) is 39.4 Å². The molecule has 3 aromatic carbocycles. The molecule has 0 saturated heterocycles. The van der Waals surface area contributed by atoms with Gasteiger partial charge in [-0.25, -0.2) is 4.98 Å². The molecule has 2 heterocycles. The van der Waals surface area contributed by atoms with Crippen LogP contribution in [0, 0.1) is 0 Å². The second kappa shape index (κ2) is 8.76. The van der Waals surface area contributed by atoms with Crippen molar-refractivity contribution in [3.05, 3.63) is 88.6 Å². The zero-order valence-electron chi connectivity index (χ0n) is 18.9. The predicted octanol–water partition coefficient (Wildman–Crippen LogP) is 5.63. The molecule has 0 radical (unpaired) electrons. The topological polar surface area (TPSA) is 77.4 Å². The minimum absolute atomic E-state index is 0.245. The van der Waals surface area contributed by atoms with Crippen molar-refractivity contribution < 1.29 is 14.3 Å². The maximum absolute atomic E-state index is 13.7. The van der Waals surface area contributed by atoms with Gasteiger partial charge in [0.25, 0.3) is 5.91 Å². The number of rotatable bonds is 5. The number of methoxy groups -OCH3 is 2. The monoisotopic (exact) mass is 474 g/mol. The third-order valence-electron chi connectivity index (χ3n) is 5.91. The first kappa shape index (κ1) is 21.9. The van der Waals surface area contributed by atoms with E-state index in [-0.39, 0.29) is 5.91 Å². The lowest BCUT2D eigenvalue weighted by molar-refractivity contribution is -0.113. The molecule has 0 bridgehead atoms. The maximum Gasteiger partial charge on any atom is 0.255 e. The smallest absolute Gasteiger partial charge is 0.255 e. The number of fused-ring (bicyclic) bond motifs is 3. The first-order valence-corrected chi connectivity index (χ1v) is 11.1. The number of imidazole rings is 1. The third-order valence-corrected chi connectivity index (χ3v) is 6.16. The molecule has 1 amide bonds. The minimum Gasteiger partial charge on any atom is -0.497 e. The van der Waals surface area contributed by atoms with Crippen molar-refractivity contribution in [1.29, 1.82) is 0 Å². The maximum atomic E-state index is 13.7. The highest BCUT2D eigenvalue weighted by atomic mass is 35.5. The van der Waals surface area contributed by atoms with Gasteiger partial charge in [-0.05, 0) is 61.5 Å². The van der Waals surface area contributed by atoms with Gasteiger partial charge in [0.2, 0.25) is 5.95 Å². The van der Waals surface area contributed by atoms with E-state index in [1.807, 2.05) is 54.0 Å². The number of hydrogen-bond donors (Lipinski definition) is 2. The van der Waals surface area contributed by atoms with Gasteiger partial charge in [-0.3, -0.25) is 9.36 Å². The number of amides is 1. The van der Waals surface area contributed by atoms with Crippen LogP contribution >= 0.6 is 11.6 Å². The van der Waals surface area contributed by atoms with Crippen molar-refractivity contribution in [2.75, 3.05) is 24.9 Å². The van der Waals surface area contributed by atoms with E-state index in [4.69, 9.17) is 26.1 Å². The van der Waals surface area contributed by atoms with Gasteiger partial charge in [0, 0.05) is 22.0 Å². The molecule has 0 fully saturated rings. The molecule has 34 heavy (non-hydrogen) atoms. The van der Waals surface area contributed by atoms with Crippen LogP contribution in [0.15, 0.2) is 78.0 Å². The quantitative estimate of drug-likeness (QED) is 0.391. The van der Waals surface area contributed by atoms with Gasteiger partial charge in [-0.15, -0.1) is 0 Å². The number of carbonyl (C=O) groups excluding carboxylic acids is 1. The van der Waals surface area contributed by atoms with Crippen LogP contribution < -0.4 is 20.1 Å². The molecule has 1 aromatic heterocycles. The number of aromatic nitrogens is 2. The summed E-state index contributed by atoms with van der Waals surface area (Å²) in [5, 5.41) is 6.92. The van der Waals surface area contributed by atoms with Crippen molar-refractivity contribution in [3.8, 4) is 11.5 Å². The van der Waals surface area contributed by atoms with Gasteiger partial charge in [-0.1, -0.05) is 23.7 Å². The highest BCUT2D eigenvalue weighted by Crippen LogP contribution is 2.43. The number of allylic oxidation sites excluding steroid dienone is 1. The summed E-state index contributed by atoms with van der Waals surface area (Å²) < 4.78 is 13.2. The standard InChI is InChI=1S/C26H23ClN4O3/c1-15-23(25(32)29-17-10-8-16(27)9-11-17)24(19-14-18(33-2)12-13-22(19)34-3)31-21-7-5-4-6-20(21)30-26(31)28-15/h4-14,24H,1-3H3,(H,28,30)(H,29,32)/t24-/m1/s1. The van der Waals surface area contributed by atoms with Crippen molar-refractivity contribution in [2.45, 2.75) is 13.0 Å². The Balaban J connectivity index is 1.71. The first-order valence-electron chi connectivity index (χ1n) is 10.7. The first-order chi connectivity index (χ1) is 16.5. The Hall–Kier alpha value is -3.97. The molecule has 5 rings (SSSR count). The van der Waals surface area contributed by atoms with Gasteiger partial charge >= 0.3 is 0 Å². The normalized spacial score (nSPS) is 15.0. The Morgan fingerprint density at radius 2 is 1.82 bits per heavy atom. The molecule has 0 aliphatic carbocycles. The van der Waals surface area contributed by atoms with Crippen LogP contribution in [0.25, 0.3) is 11.0 Å². The van der Waals surface area contributed by atoms with Crippen molar-refractivity contribution >= 4 is 40.2 Å². The molecule has 7 nitrogen and oxygen atoms in total. The Kier molecular flexibility index (Phi) is 5.63. The van der Waals surface area contributed by atoms with Crippen LogP contribution in [-0.2, 0) is 4.79 Å². The number of ether oxygens (including phenoxy) is 2. The predicted molar refractivity (Wildman–Crippen MR) is 134 cm³/mol. The SMILES string of the molecule is COc1ccc(OC)c([C@@H]2C(C(=O)Nc3ccc(Cl)cc3)=C(C)Nc3nc4ccccc4n32)c1. The summed E-state index contributed by atoms with van der Waals surface area (Å²) in [6.45, 7) is 1.87. The molecule has 0 saturated carbocycles. The number of halogens is 1. The van der Waals surface area contributed by atoms with Crippen LogP contribution in [0.1, 0.15) is 18.5 Å². The van der Waals surface area contributed by atoms with E-state index in [1.165, 1.54) is 0 Å². The Morgan fingerprint density at radius 3 is 2.56 bits per heavy atom. The minimum atomic E-state index is -0.513. The third kappa shape index (κ3) is 3.74. The van der Waals surface area contributed by atoms with Gasteiger partial charge < -0.3 is 20.1 Å². The Bertz CT molecular complexity index is 1430. The van der Waals surface area contributed by atoms with E-state index >= 15 is 0 Å². The number of para-hydroxylation sites is 2.